The normalized spacial score (nSPS) is 11.3. The Morgan fingerprint density at radius 2 is 1.53 bits per heavy atom. The van der Waals surface area contributed by atoms with Crippen LogP contribution in [0.3, 0.4) is 0 Å². The number of hydrogen-bond acceptors (Lipinski definition) is 3. The van der Waals surface area contributed by atoms with Gasteiger partial charge in [-0.25, -0.2) is 8.42 Å². The number of amides is 1. The van der Waals surface area contributed by atoms with Crippen molar-refractivity contribution < 1.29 is 13.2 Å². The third kappa shape index (κ3) is 4.81. The SMILES string of the molecule is Cc1cccc(N(CC(=O)NCc2ccc3ccccc3c2)S(=O)(=O)c2ccccc2)c1. The number of hydrogen-bond donors (Lipinski definition) is 1. The van der Waals surface area contributed by atoms with Gasteiger partial charge in [0, 0.05) is 6.54 Å². The molecule has 4 aromatic rings. The van der Waals surface area contributed by atoms with Crippen LogP contribution >= 0.6 is 0 Å². The first kappa shape index (κ1) is 21.6. The molecule has 4 rings (SSSR count). The van der Waals surface area contributed by atoms with E-state index in [1.807, 2.05) is 55.5 Å². The van der Waals surface area contributed by atoms with E-state index in [4.69, 9.17) is 0 Å². The molecular formula is C26H24N2O3S. The molecule has 0 atom stereocenters. The fourth-order valence-corrected chi connectivity index (χ4v) is 4.99. The molecule has 0 aliphatic rings. The number of fused-ring (bicyclic) bond motifs is 1. The quantitative estimate of drug-likeness (QED) is 0.451. The van der Waals surface area contributed by atoms with Crippen molar-refractivity contribution in [2.75, 3.05) is 10.8 Å². The van der Waals surface area contributed by atoms with Crippen molar-refractivity contribution in [2.45, 2.75) is 18.4 Å². The standard InChI is InChI=1S/C26H24N2O3S/c1-20-8-7-11-24(16-20)28(32(30,31)25-12-3-2-4-13-25)19-26(29)27-18-21-14-15-22-9-5-6-10-23(22)17-21/h2-17H,18-19H2,1H3,(H,27,29). The van der Waals surface area contributed by atoms with Crippen molar-refractivity contribution in [1.29, 1.82) is 0 Å². The van der Waals surface area contributed by atoms with Crippen LogP contribution < -0.4 is 9.62 Å². The van der Waals surface area contributed by atoms with E-state index in [-0.39, 0.29) is 17.3 Å². The number of carbonyl (C=O) groups is 1. The summed E-state index contributed by atoms with van der Waals surface area (Å²) in [5, 5.41) is 5.07. The highest BCUT2D eigenvalue weighted by Crippen LogP contribution is 2.24. The Labute approximate surface area is 188 Å². The molecule has 0 aliphatic carbocycles. The molecule has 0 saturated carbocycles. The molecule has 0 saturated heterocycles. The van der Waals surface area contributed by atoms with Gasteiger partial charge in [-0.05, 0) is 59.2 Å². The molecule has 0 unspecified atom stereocenters. The summed E-state index contributed by atoms with van der Waals surface area (Å²) in [6, 6.07) is 29.3. The van der Waals surface area contributed by atoms with E-state index < -0.39 is 10.0 Å². The van der Waals surface area contributed by atoms with Gasteiger partial charge < -0.3 is 5.32 Å². The van der Waals surface area contributed by atoms with Crippen LogP contribution in [0.1, 0.15) is 11.1 Å². The van der Waals surface area contributed by atoms with Gasteiger partial charge in [0.1, 0.15) is 6.54 Å². The first-order valence-corrected chi connectivity index (χ1v) is 11.8. The van der Waals surface area contributed by atoms with Crippen LogP contribution in [0.25, 0.3) is 10.8 Å². The van der Waals surface area contributed by atoms with Crippen LogP contribution in [0, 0.1) is 6.92 Å². The largest absolute Gasteiger partial charge is 0.350 e. The minimum atomic E-state index is -3.91. The van der Waals surface area contributed by atoms with Crippen molar-refractivity contribution in [1.82, 2.24) is 5.32 Å². The lowest BCUT2D eigenvalue weighted by molar-refractivity contribution is -0.119. The maximum atomic E-state index is 13.3. The molecule has 0 aliphatic heterocycles. The van der Waals surface area contributed by atoms with E-state index in [0.717, 1.165) is 26.2 Å². The smallest absolute Gasteiger partial charge is 0.264 e. The highest BCUT2D eigenvalue weighted by atomic mass is 32.2. The number of sulfonamides is 1. The molecular weight excluding hydrogens is 420 g/mol. The number of anilines is 1. The molecule has 0 spiro atoms. The molecule has 0 aromatic heterocycles. The lowest BCUT2D eigenvalue weighted by Crippen LogP contribution is -2.40. The zero-order valence-corrected chi connectivity index (χ0v) is 18.5. The second kappa shape index (κ2) is 9.24. The zero-order chi connectivity index (χ0) is 22.6. The van der Waals surface area contributed by atoms with Crippen LogP contribution in [0.4, 0.5) is 5.69 Å². The second-order valence-corrected chi connectivity index (χ2v) is 9.48. The van der Waals surface area contributed by atoms with E-state index in [2.05, 4.69) is 5.32 Å². The Morgan fingerprint density at radius 3 is 2.28 bits per heavy atom. The monoisotopic (exact) mass is 444 g/mol. The van der Waals surface area contributed by atoms with Gasteiger partial charge in [-0.2, -0.15) is 0 Å². The first-order valence-electron chi connectivity index (χ1n) is 10.3. The Kier molecular flexibility index (Phi) is 6.23. The molecule has 0 bridgehead atoms. The molecule has 6 heteroatoms. The molecule has 1 N–H and O–H groups in total. The number of carbonyl (C=O) groups excluding carboxylic acids is 1. The van der Waals surface area contributed by atoms with Gasteiger partial charge in [-0.3, -0.25) is 9.10 Å². The number of nitrogens with one attached hydrogen (secondary N) is 1. The highest BCUT2D eigenvalue weighted by molar-refractivity contribution is 7.92. The number of benzene rings is 4. The minimum Gasteiger partial charge on any atom is -0.350 e. The Hall–Kier alpha value is -3.64. The van der Waals surface area contributed by atoms with Crippen LogP contribution in [0.2, 0.25) is 0 Å². The maximum absolute atomic E-state index is 13.3. The van der Waals surface area contributed by atoms with E-state index >= 15 is 0 Å². The van der Waals surface area contributed by atoms with Crippen LogP contribution in [0.5, 0.6) is 0 Å². The summed E-state index contributed by atoms with van der Waals surface area (Å²) in [7, 11) is -3.91. The van der Waals surface area contributed by atoms with Gasteiger partial charge in [0.25, 0.3) is 10.0 Å². The van der Waals surface area contributed by atoms with Crippen molar-refractivity contribution in [3.8, 4) is 0 Å². The van der Waals surface area contributed by atoms with Crippen LogP contribution in [0.15, 0.2) is 102 Å². The molecule has 0 fully saturated rings. The van der Waals surface area contributed by atoms with Crippen molar-refractivity contribution in [3.63, 3.8) is 0 Å². The van der Waals surface area contributed by atoms with Gasteiger partial charge in [-0.15, -0.1) is 0 Å². The topological polar surface area (TPSA) is 66.5 Å². The molecule has 4 aromatic carbocycles. The van der Waals surface area contributed by atoms with Crippen LogP contribution in [-0.4, -0.2) is 20.9 Å². The summed E-state index contributed by atoms with van der Waals surface area (Å²) < 4.78 is 27.9. The summed E-state index contributed by atoms with van der Waals surface area (Å²) in [4.78, 5) is 13.0. The average Bonchev–Trinajstić information content (AvgIpc) is 2.81. The second-order valence-electron chi connectivity index (χ2n) is 7.62. The minimum absolute atomic E-state index is 0.142. The Bertz CT molecular complexity index is 1350. The van der Waals surface area contributed by atoms with Gasteiger partial charge in [0.05, 0.1) is 10.6 Å². The maximum Gasteiger partial charge on any atom is 0.264 e. The summed E-state index contributed by atoms with van der Waals surface area (Å²) in [6.07, 6.45) is 0. The summed E-state index contributed by atoms with van der Waals surface area (Å²) in [5.41, 5.74) is 2.31. The summed E-state index contributed by atoms with van der Waals surface area (Å²) >= 11 is 0. The van der Waals surface area contributed by atoms with Gasteiger partial charge in [0.2, 0.25) is 5.91 Å². The van der Waals surface area contributed by atoms with Crippen LogP contribution in [-0.2, 0) is 21.4 Å². The summed E-state index contributed by atoms with van der Waals surface area (Å²) in [5.74, 6) is -0.376. The van der Waals surface area contributed by atoms with E-state index in [9.17, 15) is 13.2 Å². The van der Waals surface area contributed by atoms with Gasteiger partial charge in [0.15, 0.2) is 0 Å². The molecule has 32 heavy (non-hydrogen) atoms. The van der Waals surface area contributed by atoms with Crippen molar-refractivity contribution in [2.24, 2.45) is 0 Å². The number of rotatable bonds is 7. The fraction of sp³-hybridized carbons (Fsp3) is 0.115. The van der Waals surface area contributed by atoms with E-state index in [0.29, 0.717) is 12.2 Å². The fourth-order valence-electron chi connectivity index (χ4n) is 3.55. The predicted molar refractivity (Wildman–Crippen MR) is 128 cm³/mol. The third-order valence-corrected chi connectivity index (χ3v) is 7.00. The van der Waals surface area contributed by atoms with Crippen molar-refractivity contribution >= 4 is 32.4 Å². The Morgan fingerprint density at radius 1 is 0.812 bits per heavy atom. The predicted octanol–water partition coefficient (Wildman–Crippen LogP) is 4.66. The van der Waals surface area contributed by atoms with Crippen molar-refractivity contribution in [3.05, 3.63) is 108 Å². The zero-order valence-electron chi connectivity index (χ0n) is 17.7. The van der Waals surface area contributed by atoms with Gasteiger partial charge >= 0.3 is 0 Å². The molecule has 5 nitrogen and oxygen atoms in total. The molecule has 1 amide bonds. The Balaban J connectivity index is 1.55. The molecule has 0 radical (unpaired) electrons. The lowest BCUT2D eigenvalue weighted by atomic mass is 10.1. The summed E-state index contributed by atoms with van der Waals surface area (Å²) in [6.45, 7) is 1.89. The lowest BCUT2D eigenvalue weighted by Gasteiger charge is -2.24. The molecule has 0 heterocycles. The first-order chi connectivity index (χ1) is 15.4. The van der Waals surface area contributed by atoms with E-state index in [1.54, 1.807) is 36.4 Å². The van der Waals surface area contributed by atoms with E-state index in [1.165, 1.54) is 12.1 Å². The highest BCUT2D eigenvalue weighted by Gasteiger charge is 2.27. The number of aryl methyl sites for hydroxylation is 1. The third-order valence-electron chi connectivity index (χ3n) is 5.21. The van der Waals surface area contributed by atoms with Gasteiger partial charge in [-0.1, -0.05) is 66.7 Å². The number of nitrogens with zero attached hydrogens (tertiary/aromatic N) is 1. The average molecular weight is 445 g/mol. The molecule has 162 valence electrons.